The van der Waals surface area contributed by atoms with Gasteiger partial charge in [0.2, 0.25) is 0 Å². The number of rotatable bonds is 20. The molecule has 2 rings (SSSR count). The second-order valence-electron chi connectivity index (χ2n) is 7.60. The minimum absolute atomic E-state index is 0.0626. The maximum atomic E-state index is 12.4. The molecule has 9 nitrogen and oxygen atoms in total. The van der Waals surface area contributed by atoms with Gasteiger partial charge in [-0.1, -0.05) is 43.2 Å². The highest BCUT2D eigenvalue weighted by atomic mass is 32.2. The molecule has 196 valence electrons. The predicted octanol–water partition coefficient (Wildman–Crippen LogP) is 3.97. The summed E-state index contributed by atoms with van der Waals surface area (Å²) in [6.07, 6.45) is 2.20. The minimum Gasteiger partial charge on any atom is -0.489 e. The lowest BCUT2D eigenvalue weighted by Gasteiger charge is -2.13. The Morgan fingerprint density at radius 1 is 0.714 bits per heavy atom. The van der Waals surface area contributed by atoms with Crippen LogP contribution in [0.1, 0.15) is 25.3 Å². The molecule has 0 amide bonds. The topological polar surface area (TPSA) is 102 Å². The Morgan fingerprint density at radius 2 is 1.26 bits per heavy atom. The van der Waals surface area contributed by atoms with Crippen LogP contribution < -0.4 is 10.2 Å². The lowest BCUT2D eigenvalue weighted by Crippen LogP contribution is -2.15. The SMILES string of the molecule is CCCCOCCOCCOCCOCCOc1ccccc1NOS(=O)(=O)c1ccc(C)cc1. The van der Waals surface area contributed by atoms with Gasteiger partial charge in [0.25, 0.3) is 0 Å². The van der Waals surface area contributed by atoms with Gasteiger partial charge in [-0.15, -0.1) is 4.28 Å². The number of aryl methyl sites for hydroxylation is 1. The van der Waals surface area contributed by atoms with Crippen LogP contribution in [0.25, 0.3) is 0 Å². The number of benzene rings is 2. The number of para-hydroxylation sites is 2. The van der Waals surface area contributed by atoms with E-state index < -0.39 is 10.1 Å². The summed E-state index contributed by atoms with van der Waals surface area (Å²) in [5.41, 5.74) is 3.82. The second kappa shape index (κ2) is 17.3. The minimum atomic E-state index is -3.96. The van der Waals surface area contributed by atoms with Crippen LogP contribution >= 0.6 is 0 Å². The quantitative estimate of drug-likeness (QED) is 0.209. The molecule has 0 aliphatic rings. The van der Waals surface area contributed by atoms with Crippen molar-refractivity contribution in [2.24, 2.45) is 0 Å². The van der Waals surface area contributed by atoms with E-state index in [0.717, 1.165) is 25.0 Å². The van der Waals surface area contributed by atoms with Gasteiger partial charge in [-0.05, 0) is 37.6 Å². The fourth-order valence-corrected chi connectivity index (χ4v) is 3.51. The standard InChI is InChI=1S/C25H37NO8S/c1-3-4-13-29-14-15-30-16-17-31-18-19-32-20-21-33-25-8-6-5-7-24(25)26-34-35(27,28)23-11-9-22(2)10-12-23/h5-12,26H,3-4,13-21H2,1-2H3. The highest BCUT2D eigenvalue weighted by Gasteiger charge is 2.16. The lowest BCUT2D eigenvalue weighted by molar-refractivity contribution is -0.00476. The van der Waals surface area contributed by atoms with Crippen LogP contribution in [0.4, 0.5) is 5.69 Å². The summed E-state index contributed by atoms with van der Waals surface area (Å²) >= 11 is 0. The fraction of sp³-hybridized carbons (Fsp3) is 0.520. The van der Waals surface area contributed by atoms with Crippen molar-refractivity contribution in [2.75, 3.05) is 64.9 Å². The number of unbranched alkanes of at least 4 members (excludes halogenated alkanes) is 1. The third-order valence-corrected chi connectivity index (χ3v) is 5.85. The first-order chi connectivity index (χ1) is 17.0. The van der Waals surface area contributed by atoms with E-state index >= 15 is 0 Å². The zero-order valence-electron chi connectivity index (χ0n) is 20.6. The van der Waals surface area contributed by atoms with Gasteiger partial charge in [0.05, 0.1) is 51.1 Å². The summed E-state index contributed by atoms with van der Waals surface area (Å²) in [6, 6.07) is 13.3. The van der Waals surface area contributed by atoms with E-state index in [1.807, 2.05) is 6.92 Å². The zero-order valence-corrected chi connectivity index (χ0v) is 21.4. The van der Waals surface area contributed by atoms with Crippen molar-refractivity contribution in [3.8, 4) is 5.75 Å². The Balaban J connectivity index is 1.56. The van der Waals surface area contributed by atoms with Crippen LogP contribution in [-0.2, 0) is 33.3 Å². The zero-order chi connectivity index (χ0) is 25.2. The summed E-state index contributed by atoms with van der Waals surface area (Å²) in [5.74, 6) is 0.447. The van der Waals surface area contributed by atoms with Crippen molar-refractivity contribution < 1.29 is 36.4 Å². The summed E-state index contributed by atoms with van der Waals surface area (Å²) in [6.45, 7) is 8.51. The van der Waals surface area contributed by atoms with E-state index in [2.05, 4.69) is 12.4 Å². The molecule has 0 bridgehead atoms. The van der Waals surface area contributed by atoms with E-state index in [9.17, 15) is 8.42 Å². The van der Waals surface area contributed by atoms with E-state index in [0.29, 0.717) is 57.7 Å². The van der Waals surface area contributed by atoms with Crippen LogP contribution in [0.3, 0.4) is 0 Å². The molecule has 0 saturated carbocycles. The van der Waals surface area contributed by atoms with Gasteiger partial charge in [0, 0.05) is 6.61 Å². The van der Waals surface area contributed by atoms with Gasteiger partial charge in [0.15, 0.2) is 0 Å². The molecule has 1 N–H and O–H groups in total. The third-order valence-electron chi connectivity index (χ3n) is 4.70. The Bertz CT molecular complexity index is 921. The molecule has 0 aliphatic heterocycles. The molecule has 10 heteroatoms. The number of ether oxygens (including phenoxy) is 5. The number of hydrogen-bond donors (Lipinski definition) is 1. The van der Waals surface area contributed by atoms with Gasteiger partial charge in [-0.25, -0.2) is 5.48 Å². The van der Waals surface area contributed by atoms with Crippen molar-refractivity contribution in [2.45, 2.75) is 31.6 Å². The summed E-state index contributed by atoms with van der Waals surface area (Å²) in [5, 5.41) is 0. The number of anilines is 1. The van der Waals surface area contributed by atoms with Crippen LogP contribution in [-0.4, -0.2) is 67.9 Å². The molecule has 0 saturated heterocycles. The normalized spacial score (nSPS) is 11.5. The molecular weight excluding hydrogens is 474 g/mol. The monoisotopic (exact) mass is 511 g/mol. The van der Waals surface area contributed by atoms with Gasteiger partial charge >= 0.3 is 10.1 Å². The highest BCUT2D eigenvalue weighted by Crippen LogP contribution is 2.25. The van der Waals surface area contributed by atoms with Gasteiger partial charge in [-0.3, -0.25) is 0 Å². The molecule has 0 unspecified atom stereocenters. The van der Waals surface area contributed by atoms with Crippen molar-refractivity contribution in [1.29, 1.82) is 0 Å². The van der Waals surface area contributed by atoms with Crippen molar-refractivity contribution >= 4 is 15.8 Å². The first-order valence-corrected chi connectivity index (χ1v) is 13.2. The molecule has 35 heavy (non-hydrogen) atoms. The van der Waals surface area contributed by atoms with E-state index in [1.165, 1.54) is 12.1 Å². The largest absolute Gasteiger partial charge is 0.489 e. The Labute approximate surface area is 208 Å². The Hall–Kier alpha value is -2.21. The van der Waals surface area contributed by atoms with Crippen LogP contribution in [0.15, 0.2) is 53.4 Å². The molecule has 0 radical (unpaired) electrons. The maximum Gasteiger partial charge on any atom is 0.317 e. The second-order valence-corrected chi connectivity index (χ2v) is 9.15. The van der Waals surface area contributed by atoms with Gasteiger partial charge < -0.3 is 23.7 Å². The first kappa shape index (κ1) is 29.0. The Kier molecular flexibility index (Phi) is 14.3. The number of hydrogen-bond acceptors (Lipinski definition) is 9. The van der Waals surface area contributed by atoms with Crippen LogP contribution in [0.2, 0.25) is 0 Å². The smallest absolute Gasteiger partial charge is 0.317 e. The molecule has 0 aromatic heterocycles. The van der Waals surface area contributed by atoms with E-state index in [-0.39, 0.29) is 11.5 Å². The predicted molar refractivity (Wildman–Crippen MR) is 133 cm³/mol. The molecule has 0 fully saturated rings. The van der Waals surface area contributed by atoms with Crippen LogP contribution in [0, 0.1) is 6.92 Å². The third kappa shape index (κ3) is 12.4. The highest BCUT2D eigenvalue weighted by molar-refractivity contribution is 7.86. The lowest BCUT2D eigenvalue weighted by atomic mass is 10.2. The maximum absolute atomic E-state index is 12.4. The summed E-state index contributed by atoms with van der Waals surface area (Å²) < 4.78 is 57.2. The summed E-state index contributed by atoms with van der Waals surface area (Å²) in [4.78, 5) is 0.0626. The molecule has 2 aromatic rings. The van der Waals surface area contributed by atoms with E-state index in [4.69, 9.17) is 28.0 Å². The summed E-state index contributed by atoms with van der Waals surface area (Å²) in [7, 11) is -3.96. The van der Waals surface area contributed by atoms with Crippen molar-refractivity contribution in [3.63, 3.8) is 0 Å². The molecule has 0 spiro atoms. The Morgan fingerprint density at radius 3 is 1.86 bits per heavy atom. The van der Waals surface area contributed by atoms with E-state index in [1.54, 1.807) is 36.4 Å². The van der Waals surface area contributed by atoms with Gasteiger partial charge in [-0.2, -0.15) is 8.42 Å². The fourth-order valence-electron chi connectivity index (χ4n) is 2.75. The first-order valence-electron chi connectivity index (χ1n) is 11.8. The molecule has 0 aliphatic carbocycles. The van der Waals surface area contributed by atoms with Crippen molar-refractivity contribution in [1.82, 2.24) is 0 Å². The number of nitrogens with one attached hydrogen (secondary N) is 1. The molecule has 0 heterocycles. The molecule has 2 aromatic carbocycles. The van der Waals surface area contributed by atoms with Gasteiger partial charge in [0.1, 0.15) is 18.0 Å². The van der Waals surface area contributed by atoms with Crippen molar-refractivity contribution in [3.05, 3.63) is 54.1 Å². The average Bonchev–Trinajstić information content (AvgIpc) is 2.86. The molecule has 0 atom stereocenters. The average molecular weight is 512 g/mol. The van der Waals surface area contributed by atoms with Crippen LogP contribution in [0.5, 0.6) is 5.75 Å². The molecular formula is C25H37NO8S.